The minimum atomic E-state index is -0.258. The minimum Gasteiger partial charge on any atom is -0.393 e. The second-order valence-corrected chi connectivity index (χ2v) is 6.84. The minimum absolute atomic E-state index is 0.0569. The van der Waals surface area contributed by atoms with E-state index >= 15 is 0 Å². The molecule has 2 amide bonds. The number of amides is 2. The smallest absolute Gasteiger partial charge is 0.315 e. The van der Waals surface area contributed by atoms with Crippen LogP contribution in [0.3, 0.4) is 0 Å². The van der Waals surface area contributed by atoms with Crippen molar-refractivity contribution in [1.29, 1.82) is 0 Å². The number of benzene rings is 1. The first-order valence-corrected chi connectivity index (χ1v) is 8.62. The summed E-state index contributed by atoms with van der Waals surface area (Å²) in [5.74, 6) is 0.172. The molecular weight excluding hydrogens is 295 g/mol. The van der Waals surface area contributed by atoms with E-state index in [1.54, 1.807) is 12.1 Å². The van der Waals surface area contributed by atoms with Gasteiger partial charge in [0.25, 0.3) is 0 Å². The largest absolute Gasteiger partial charge is 0.393 e. The number of nitrogens with one attached hydrogen (secondary N) is 2. The molecule has 3 N–H and O–H groups in total. The Labute approximate surface area is 136 Å². The Balaban J connectivity index is 1.59. The zero-order valence-electron chi connectivity index (χ0n) is 13.3. The lowest BCUT2D eigenvalue weighted by atomic mass is 9.77. The van der Waals surface area contributed by atoms with E-state index in [9.17, 15) is 14.3 Å². The summed E-state index contributed by atoms with van der Waals surface area (Å²) in [7, 11) is 0. The van der Waals surface area contributed by atoms with E-state index in [4.69, 9.17) is 0 Å². The Morgan fingerprint density at radius 3 is 2.30 bits per heavy atom. The van der Waals surface area contributed by atoms with E-state index in [-0.39, 0.29) is 30.0 Å². The lowest BCUT2D eigenvalue weighted by molar-refractivity contribution is 0.117. The van der Waals surface area contributed by atoms with Crippen molar-refractivity contribution < 1.29 is 14.3 Å². The lowest BCUT2D eigenvalue weighted by Gasteiger charge is -2.35. The van der Waals surface area contributed by atoms with E-state index < -0.39 is 0 Å². The van der Waals surface area contributed by atoms with E-state index in [0.29, 0.717) is 5.92 Å². The van der Waals surface area contributed by atoms with Crippen LogP contribution in [0.5, 0.6) is 0 Å². The van der Waals surface area contributed by atoms with Gasteiger partial charge in [-0.05, 0) is 62.1 Å². The van der Waals surface area contributed by atoms with Crippen LogP contribution in [0.1, 0.15) is 56.6 Å². The molecule has 5 heteroatoms. The molecule has 0 aromatic heterocycles. The van der Waals surface area contributed by atoms with Gasteiger partial charge in [-0.3, -0.25) is 0 Å². The fourth-order valence-corrected chi connectivity index (χ4v) is 3.51. The zero-order chi connectivity index (χ0) is 16.2. The summed E-state index contributed by atoms with van der Waals surface area (Å²) in [6, 6.07) is 6.33. The van der Waals surface area contributed by atoms with Gasteiger partial charge in [0.2, 0.25) is 0 Å². The maximum Gasteiger partial charge on any atom is 0.315 e. The first-order chi connectivity index (χ1) is 11.1. The molecule has 2 aliphatic carbocycles. The highest BCUT2D eigenvalue weighted by Crippen LogP contribution is 2.37. The molecule has 4 nitrogen and oxygen atoms in total. The molecule has 2 fully saturated rings. The van der Waals surface area contributed by atoms with Crippen molar-refractivity contribution in [3.05, 3.63) is 35.6 Å². The van der Waals surface area contributed by atoms with Gasteiger partial charge < -0.3 is 15.7 Å². The van der Waals surface area contributed by atoms with Gasteiger partial charge in [0.15, 0.2) is 0 Å². The second-order valence-electron chi connectivity index (χ2n) is 6.84. The number of hydrogen-bond acceptors (Lipinski definition) is 2. The van der Waals surface area contributed by atoms with Crippen LogP contribution in [-0.2, 0) is 0 Å². The highest BCUT2D eigenvalue weighted by atomic mass is 19.1. The number of aliphatic hydroxyl groups excluding tert-OH is 1. The topological polar surface area (TPSA) is 61.4 Å². The van der Waals surface area contributed by atoms with Gasteiger partial charge >= 0.3 is 6.03 Å². The number of carbonyl (C=O) groups is 1. The fourth-order valence-electron chi connectivity index (χ4n) is 3.51. The molecule has 1 atom stereocenters. The molecular formula is C18H25FN2O2. The van der Waals surface area contributed by atoms with Crippen LogP contribution in [0.15, 0.2) is 24.3 Å². The second kappa shape index (κ2) is 7.30. The molecule has 1 aromatic rings. The normalized spacial score (nSPS) is 26.2. The molecule has 0 unspecified atom stereocenters. The molecule has 2 saturated carbocycles. The molecule has 23 heavy (non-hydrogen) atoms. The van der Waals surface area contributed by atoms with Crippen LogP contribution < -0.4 is 10.6 Å². The van der Waals surface area contributed by atoms with E-state index in [0.717, 1.165) is 44.1 Å². The van der Waals surface area contributed by atoms with Gasteiger partial charge in [0.05, 0.1) is 12.1 Å². The van der Waals surface area contributed by atoms with Crippen molar-refractivity contribution >= 4 is 6.03 Å². The third kappa shape index (κ3) is 4.22. The Morgan fingerprint density at radius 1 is 1.09 bits per heavy atom. The number of hydrogen-bond donors (Lipinski definition) is 3. The highest BCUT2D eigenvalue weighted by Gasteiger charge is 2.30. The Bertz CT molecular complexity index is 522. The number of rotatable bonds is 4. The number of urea groups is 1. The number of carbonyl (C=O) groups excluding carboxylic acids is 1. The van der Waals surface area contributed by atoms with Crippen LogP contribution in [-0.4, -0.2) is 23.3 Å². The quantitative estimate of drug-likeness (QED) is 0.797. The van der Waals surface area contributed by atoms with Gasteiger partial charge in [-0.2, -0.15) is 0 Å². The molecule has 0 spiro atoms. The molecule has 0 heterocycles. The standard InChI is InChI=1S/C18H25FN2O2/c19-14-6-4-13(5-7-14)17(12-2-1-3-12)21-18(23)20-15-8-10-16(22)11-9-15/h4-7,12,15-17,22H,1-3,8-11H2,(H2,20,21,23)/t15?,16?,17-/m1/s1. The van der Waals surface area contributed by atoms with Crippen LogP contribution in [0.25, 0.3) is 0 Å². The summed E-state index contributed by atoms with van der Waals surface area (Å²) in [5, 5.41) is 15.6. The molecule has 0 bridgehead atoms. The van der Waals surface area contributed by atoms with Crippen molar-refractivity contribution in [2.45, 2.75) is 63.1 Å². The molecule has 2 aliphatic rings. The van der Waals surface area contributed by atoms with E-state index in [1.807, 2.05) is 0 Å². The van der Waals surface area contributed by atoms with Gasteiger partial charge in [-0.25, -0.2) is 9.18 Å². The molecule has 1 aromatic carbocycles. The van der Waals surface area contributed by atoms with Crippen molar-refractivity contribution in [2.75, 3.05) is 0 Å². The average Bonchev–Trinajstić information content (AvgIpc) is 2.48. The van der Waals surface area contributed by atoms with Gasteiger partial charge in [-0.1, -0.05) is 18.6 Å². The van der Waals surface area contributed by atoms with Crippen LogP contribution in [0.2, 0.25) is 0 Å². The maximum absolute atomic E-state index is 13.1. The third-order valence-electron chi connectivity index (χ3n) is 5.17. The van der Waals surface area contributed by atoms with E-state index in [2.05, 4.69) is 10.6 Å². The van der Waals surface area contributed by atoms with Crippen LogP contribution >= 0.6 is 0 Å². The summed E-state index contributed by atoms with van der Waals surface area (Å²) in [6.07, 6.45) is 6.28. The van der Waals surface area contributed by atoms with Crippen molar-refractivity contribution in [3.63, 3.8) is 0 Å². The molecule has 3 rings (SSSR count). The average molecular weight is 320 g/mol. The summed E-state index contributed by atoms with van der Waals surface area (Å²) in [4.78, 5) is 12.3. The Morgan fingerprint density at radius 2 is 1.74 bits per heavy atom. The fraction of sp³-hybridized carbons (Fsp3) is 0.611. The zero-order valence-corrected chi connectivity index (χ0v) is 13.3. The Hall–Kier alpha value is -1.62. The van der Waals surface area contributed by atoms with E-state index in [1.165, 1.54) is 18.6 Å². The molecule has 0 radical (unpaired) electrons. The summed E-state index contributed by atoms with van der Waals surface area (Å²) >= 11 is 0. The van der Waals surface area contributed by atoms with Crippen molar-refractivity contribution in [3.8, 4) is 0 Å². The van der Waals surface area contributed by atoms with Gasteiger partial charge in [0.1, 0.15) is 5.82 Å². The number of halogens is 1. The van der Waals surface area contributed by atoms with Crippen molar-refractivity contribution in [2.24, 2.45) is 5.92 Å². The number of aliphatic hydroxyl groups is 1. The molecule has 0 saturated heterocycles. The lowest BCUT2D eigenvalue weighted by Crippen LogP contribution is -2.47. The first-order valence-electron chi connectivity index (χ1n) is 8.62. The van der Waals surface area contributed by atoms with Crippen LogP contribution in [0.4, 0.5) is 9.18 Å². The SMILES string of the molecule is O=C(NC1CCC(O)CC1)N[C@@H](c1ccc(F)cc1)C1CCC1. The van der Waals surface area contributed by atoms with Crippen molar-refractivity contribution in [1.82, 2.24) is 10.6 Å². The maximum atomic E-state index is 13.1. The highest BCUT2D eigenvalue weighted by molar-refractivity contribution is 5.74. The predicted molar refractivity (Wildman–Crippen MR) is 86.4 cm³/mol. The first kappa shape index (κ1) is 16.2. The van der Waals surface area contributed by atoms with Crippen LogP contribution in [0, 0.1) is 11.7 Å². The molecule has 0 aliphatic heterocycles. The Kier molecular flexibility index (Phi) is 5.16. The van der Waals surface area contributed by atoms with Gasteiger partial charge in [-0.15, -0.1) is 0 Å². The summed E-state index contributed by atoms with van der Waals surface area (Å²) in [5.41, 5.74) is 0.963. The third-order valence-corrected chi connectivity index (χ3v) is 5.17. The van der Waals surface area contributed by atoms with Gasteiger partial charge in [0, 0.05) is 6.04 Å². The molecule has 126 valence electrons. The predicted octanol–water partition coefficient (Wildman–Crippen LogP) is 3.27. The summed E-state index contributed by atoms with van der Waals surface area (Å²) < 4.78 is 13.1. The monoisotopic (exact) mass is 320 g/mol. The summed E-state index contributed by atoms with van der Waals surface area (Å²) in [6.45, 7) is 0.